The van der Waals surface area contributed by atoms with Crippen LogP contribution in [-0.4, -0.2) is 25.0 Å². The molecule has 1 saturated heterocycles. The topological polar surface area (TPSA) is 41.1 Å². The molecule has 0 bridgehead atoms. The molecule has 0 aromatic rings. The highest BCUT2D eigenvalue weighted by atomic mass is 16.2. The Bertz CT molecular complexity index is 130. The molecule has 1 unspecified atom stereocenters. The van der Waals surface area contributed by atoms with Crippen LogP contribution >= 0.6 is 0 Å². The van der Waals surface area contributed by atoms with E-state index in [0.29, 0.717) is 0 Å². The summed E-state index contributed by atoms with van der Waals surface area (Å²) < 4.78 is 0. The molecule has 1 heterocycles. The molecule has 0 aromatic heterocycles. The molecular formula is C8H16N2O. The van der Waals surface area contributed by atoms with Crippen molar-refractivity contribution in [2.24, 2.45) is 0 Å². The zero-order valence-electron chi connectivity index (χ0n) is 7.02. The van der Waals surface area contributed by atoms with E-state index >= 15 is 0 Å². The van der Waals surface area contributed by atoms with Gasteiger partial charge in [0.05, 0.1) is 6.04 Å². The largest absolute Gasteiger partial charge is 0.355 e. The van der Waals surface area contributed by atoms with Crippen LogP contribution in [0.25, 0.3) is 0 Å². The molecule has 3 heteroatoms. The zero-order chi connectivity index (χ0) is 8.10. The van der Waals surface area contributed by atoms with Crippen molar-refractivity contribution in [3.8, 4) is 0 Å². The van der Waals surface area contributed by atoms with Gasteiger partial charge in [0.1, 0.15) is 0 Å². The molecule has 0 aromatic carbocycles. The first-order chi connectivity index (χ1) is 5.34. The fraction of sp³-hybridized carbons (Fsp3) is 0.875. The minimum absolute atomic E-state index is 0.0729. The van der Waals surface area contributed by atoms with Crippen molar-refractivity contribution in [1.82, 2.24) is 10.6 Å². The second-order valence-electron chi connectivity index (χ2n) is 2.90. The maximum absolute atomic E-state index is 11.2. The van der Waals surface area contributed by atoms with Crippen molar-refractivity contribution in [3.63, 3.8) is 0 Å². The molecule has 1 aliphatic heterocycles. The standard InChI is InChI=1S/C8H16N2O/c1-2-9-8(11)7-5-3-4-6-10-7/h7,10H,2-6H2,1H3,(H,9,11). The maximum Gasteiger partial charge on any atom is 0.237 e. The van der Waals surface area contributed by atoms with Gasteiger partial charge in [0, 0.05) is 6.54 Å². The Morgan fingerprint density at radius 3 is 3.00 bits per heavy atom. The second-order valence-corrected chi connectivity index (χ2v) is 2.90. The fourth-order valence-corrected chi connectivity index (χ4v) is 1.37. The molecule has 1 atom stereocenters. The third kappa shape index (κ3) is 2.50. The van der Waals surface area contributed by atoms with E-state index in [0.717, 1.165) is 19.5 Å². The highest BCUT2D eigenvalue weighted by molar-refractivity contribution is 5.81. The molecule has 1 fully saturated rings. The first-order valence-corrected chi connectivity index (χ1v) is 4.35. The molecule has 1 amide bonds. The lowest BCUT2D eigenvalue weighted by Gasteiger charge is -2.21. The van der Waals surface area contributed by atoms with Crippen molar-refractivity contribution in [3.05, 3.63) is 0 Å². The summed E-state index contributed by atoms with van der Waals surface area (Å²) in [7, 11) is 0. The summed E-state index contributed by atoms with van der Waals surface area (Å²) in [6.45, 7) is 3.67. The third-order valence-corrected chi connectivity index (χ3v) is 1.98. The monoisotopic (exact) mass is 156 g/mol. The minimum atomic E-state index is 0.0729. The van der Waals surface area contributed by atoms with Gasteiger partial charge < -0.3 is 10.6 Å². The maximum atomic E-state index is 11.2. The van der Waals surface area contributed by atoms with E-state index in [9.17, 15) is 4.79 Å². The minimum Gasteiger partial charge on any atom is -0.355 e. The average molecular weight is 156 g/mol. The van der Waals surface area contributed by atoms with E-state index in [4.69, 9.17) is 0 Å². The summed E-state index contributed by atoms with van der Waals surface area (Å²) in [5.74, 6) is 0.159. The summed E-state index contributed by atoms with van der Waals surface area (Å²) in [6.07, 6.45) is 3.37. The van der Waals surface area contributed by atoms with Gasteiger partial charge in [0.2, 0.25) is 5.91 Å². The quantitative estimate of drug-likeness (QED) is 0.602. The second kappa shape index (κ2) is 4.34. The molecule has 0 spiro atoms. The molecule has 1 rings (SSSR count). The first kappa shape index (κ1) is 8.53. The first-order valence-electron chi connectivity index (χ1n) is 4.35. The summed E-state index contributed by atoms with van der Waals surface area (Å²) in [5, 5.41) is 6.01. The van der Waals surface area contributed by atoms with E-state index in [1.165, 1.54) is 12.8 Å². The van der Waals surface area contributed by atoms with Crippen LogP contribution in [0.15, 0.2) is 0 Å². The Balaban J connectivity index is 2.27. The molecule has 0 radical (unpaired) electrons. The van der Waals surface area contributed by atoms with Gasteiger partial charge in [-0.3, -0.25) is 4.79 Å². The van der Waals surface area contributed by atoms with Crippen molar-refractivity contribution >= 4 is 5.91 Å². The number of hydrogen-bond acceptors (Lipinski definition) is 2. The number of carbonyl (C=O) groups is 1. The van der Waals surface area contributed by atoms with Crippen molar-refractivity contribution < 1.29 is 4.79 Å². The Kier molecular flexibility index (Phi) is 3.36. The predicted octanol–water partition coefficient (Wildman–Crippen LogP) is 0.265. The van der Waals surface area contributed by atoms with E-state index in [1.807, 2.05) is 6.92 Å². The molecule has 0 saturated carbocycles. The van der Waals surface area contributed by atoms with Crippen LogP contribution in [0.3, 0.4) is 0 Å². The van der Waals surface area contributed by atoms with Crippen molar-refractivity contribution in [2.75, 3.05) is 13.1 Å². The SMILES string of the molecule is CCNC(=O)C1CCCCN1. The van der Waals surface area contributed by atoms with Gasteiger partial charge in [-0.05, 0) is 26.3 Å². The number of likely N-dealkylation sites (N-methyl/N-ethyl adjacent to an activating group) is 1. The summed E-state index contributed by atoms with van der Waals surface area (Å²) >= 11 is 0. The summed E-state index contributed by atoms with van der Waals surface area (Å²) in [4.78, 5) is 11.2. The van der Waals surface area contributed by atoms with Crippen LogP contribution in [-0.2, 0) is 4.79 Å². The summed E-state index contributed by atoms with van der Waals surface area (Å²) in [5.41, 5.74) is 0. The molecule has 2 N–H and O–H groups in total. The normalized spacial score (nSPS) is 24.6. The highest BCUT2D eigenvalue weighted by Gasteiger charge is 2.18. The Hall–Kier alpha value is -0.570. The molecule has 11 heavy (non-hydrogen) atoms. The van der Waals surface area contributed by atoms with Gasteiger partial charge in [-0.1, -0.05) is 6.42 Å². The average Bonchev–Trinajstić information content (AvgIpc) is 2.07. The van der Waals surface area contributed by atoms with Crippen LogP contribution in [0.4, 0.5) is 0 Å². The van der Waals surface area contributed by atoms with Crippen LogP contribution < -0.4 is 10.6 Å². The van der Waals surface area contributed by atoms with Gasteiger partial charge in [-0.2, -0.15) is 0 Å². The van der Waals surface area contributed by atoms with Crippen LogP contribution in [0.2, 0.25) is 0 Å². The molecule has 3 nitrogen and oxygen atoms in total. The van der Waals surface area contributed by atoms with Gasteiger partial charge in [0.15, 0.2) is 0 Å². The predicted molar refractivity (Wildman–Crippen MR) is 44.3 cm³/mol. The third-order valence-electron chi connectivity index (χ3n) is 1.98. The van der Waals surface area contributed by atoms with Crippen LogP contribution in [0.5, 0.6) is 0 Å². The van der Waals surface area contributed by atoms with Crippen LogP contribution in [0.1, 0.15) is 26.2 Å². The summed E-state index contributed by atoms with van der Waals surface area (Å²) in [6, 6.07) is 0.0729. The number of amides is 1. The van der Waals surface area contributed by atoms with Crippen molar-refractivity contribution in [1.29, 1.82) is 0 Å². The fourth-order valence-electron chi connectivity index (χ4n) is 1.37. The van der Waals surface area contributed by atoms with E-state index < -0.39 is 0 Å². The van der Waals surface area contributed by atoms with E-state index in [2.05, 4.69) is 10.6 Å². The van der Waals surface area contributed by atoms with Crippen LogP contribution in [0, 0.1) is 0 Å². The van der Waals surface area contributed by atoms with Gasteiger partial charge in [-0.25, -0.2) is 0 Å². The molecule has 0 aliphatic carbocycles. The number of carbonyl (C=O) groups excluding carboxylic acids is 1. The number of nitrogens with one attached hydrogen (secondary N) is 2. The van der Waals surface area contributed by atoms with E-state index in [-0.39, 0.29) is 11.9 Å². The molecule has 1 aliphatic rings. The van der Waals surface area contributed by atoms with Gasteiger partial charge in [0.25, 0.3) is 0 Å². The van der Waals surface area contributed by atoms with Gasteiger partial charge in [-0.15, -0.1) is 0 Å². The van der Waals surface area contributed by atoms with Crippen molar-refractivity contribution in [2.45, 2.75) is 32.2 Å². The molecular weight excluding hydrogens is 140 g/mol. The Morgan fingerprint density at radius 2 is 2.45 bits per heavy atom. The molecule has 64 valence electrons. The Morgan fingerprint density at radius 1 is 1.64 bits per heavy atom. The number of piperidine rings is 1. The lowest BCUT2D eigenvalue weighted by Crippen LogP contribution is -2.46. The zero-order valence-corrected chi connectivity index (χ0v) is 7.02. The lowest BCUT2D eigenvalue weighted by atomic mass is 10.0. The number of hydrogen-bond donors (Lipinski definition) is 2. The highest BCUT2D eigenvalue weighted by Crippen LogP contribution is 2.06. The van der Waals surface area contributed by atoms with Gasteiger partial charge >= 0.3 is 0 Å². The Labute approximate surface area is 67.5 Å². The smallest absolute Gasteiger partial charge is 0.237 e. The van der Waals surface area contributed by atoms with E-state index in [1.54, 1.807) is 0 Å². The number of rotatable bonds is 2. The lowest BCUT2D eigenvalue weighted by molar-refractivity contribution is -0.123.